The van der Waals surface area contributed by atoms with Crippen LogP contribution in [0.2, 0.25) is 0 Å². The molecule has 88 valence electrons. The second-order valence-electron chi connectivity index (χ2n) is 4.25. The summed E-state index contributed by atoms with van der Waals surface area (Å²) in [5.74, 6) is 0.975. The summed E-state index contributed by atoms with van der Waals surface area (Å²) < 4.78 is 5.54. The molecule has 0 saturated carbocycles. The van der Waals surface area contributed by atoms with Gasteiger partial charge in [0.25, 0.3) is 0 Å². The fourth-order valence-corrected chi connectivity index (χ4v) is 3.21. The lowest BCUT2D eigenvalue weighted by molar-refractivity contribution is 0.127. The zero-order chi connectivity index (χ0) is 11.4. The first-order chi connectivity index (χ1) is 7.77. The largest absolute Gasteiger partial charge is 0.377 e. The minimum absolute atomic E-state index is 0.138. The Morgan fingerprint density at radius 3 is 2.81 bits per heavy atom. The third kappa shape index (κ3) is 3.00. The molecule has 0 aromatic heterocycles. The van der Waals surface area contributed by atoms with Crippen LogP contribution in [0.25, 0.3) is 0 Å². The Kier molecular flexibility index (Phi) is 4.27. The van der Waals surface area contributed by atoms with E-state index in [1.807, 2.05) is 30.0 Å². The van der Waals surface area contributed by atoms with Crippen LogP contribution in [0, 0.1) is 0 Å². The van der Waals surface area contributed by atoms with Gasteiger partial charge in [0.05, 0.1) is 6.10 Å². The molecule has 1 aromatic rings. The highest BCUT2D eigenvalue weighted by Crippen LogP contribution is 2.28. The van der Waals surface area contributed by atoms with E-state index in [4.69, 9.17) is 10.5 Å². The van der Waals surface area contributed by atoms with Gasteiger partial charge in [-0.05, 0) is 18.9 Å². The van der Waals surface area contributed by atoms with Crippen LogP contribution in [0.5, 0.6) is 0 Å². The van der Waals surface area contributed by atoms with Crippen LogP contribution in [0.4, 0.5) is 0 Å². The molecule has 2 nitrogen and oxygen atoms in total. The first kappa shape index (κ1) is 12.0. The van der Waals surface area contributed by atoms with Gasteiger partial charge in [0, 0.05) is 23.7 Å². The lowest BCUT2D eigenvalue weighted by atomic mass is 10.1. The smallest absolute Gasteiger partial charge is 0.0666 e. The summed E-state index contributed by atoms with van der Waals surface area (Å²) in [5.41, 5.74) is 7.38. The number of rotatable bonds is 4. The summed E-state index contributed by atoms with van der Waals surface area (Å²) in [6.45, 7) is 3.05. The minimum atomic E-state index is 0.138. The fourth-order valence-electron chi connectivity index (χ4n) is 1.95. The number of ether oxygens (including phenoxy) is 1. The van der Waals surface area contributed by atoms with Crippen molar-refractivity contribution in [2.75, 3.05) is 12.4 Å². The summed E-state index contributed by atoms with van der Waals surface area (Å²) in [6.07, 6.45) is 1.54. The third-order valence-electron chi connectivity index (χ3n) is 3.02. The lowest BCUT2D eigenvalue weighted by Crippen LogP contribution is -2.19. The van der Waals surface area contributed by atoms with Gasteiger partial charge < -0.3 is 10.5 Å². The van der Waals surface area contributed by atoms with Gasteiger partial charge in [-0.25, -0.2) is 0 Å². The van der Waals surface area contributed by atoms with E-state index in [0.29, 0.717) is 11.4 Å². The summed E-state index contributed by atoms with van der Waals surface area (Å²) in [6, 6.07) is 10.4. The molecular formula is C13H19NOS. The molecule has 1 aliphatic heterocycles. The summed E-state index contributed by atoms with van der Waals surface area (Å²) in [7, 11) is 0. The van der Waals surface area contributed by atoms with Crippen LogP contribution in [0.1, 0.15) is 24.9 Å². The summed E-state index contributed by atoms with van der Waals surface area (Å²) in [5, 5.41) is 0.620. The van der Waals surface area contributed by atoms with Crippen LogP contribution in [-0.2, 0) is 4.74 Å². The highest BCUT2D eigenvalue weighted by Gasteiger charge is 2.25. The second-order valence-corrected chi connectivity index (χ2v) is 5.53. The molecule has 1 heterocycles. The molecule has 3 heteroatoms. The van der Waals surface area contributed by atoms with E-state index in [0.717, 1.165) is 18.8 Å². The number of hydrogen-bond donors (Lipinski definition) is 1. The van der Waals surface area contributed by atoms with Crippen LogP contribution in [-0.4, -0.2) is 23.7 Å². The van der Waals surface area contributed by atoms with Gasteiger partial charge in [0.15, 0.2) is 0 Å². The standard InChI is InChI=1S/C13H19NOS/c1-10-13(7-8-15-10)16-9-12(14)11-5-3-2-4-6-11/h2-6,10,12-13H,7-9,14H2,1H3. The highest BCUT2D eigenvalue weighted by molar-refractivity contribution is 8.00. The van der Waals surface area contributed by atoms with Crippen LogP contribution < -0.4 is 5.73 Å². The Hall–Kier alpha value is -0.510. The van der Waals surface area contributed by atoms with E-state index in [2.05, 4.69) is 19.1 Å². The maximum absolute atomic E-state index is 6.16. The number of hydrogen-bond acceptors (Lipinski definition) is 3. The van der Waals surface area contributed by atoms with Gasteiger partial charge >= 0.3 is 0 Å². The normalized spacial score (nSPS) is 26.9. The van der Waals surface area contributed by atoms with Gasteiger partial charge in [0.2, 0.25) is 0 Å². The van der Waals surface area contributed by atoms with Crippen molar-refractivity contribution in [1.29, 1.82) is 0 Å². The predicted octanol–water partition coefficient (Wildman–Crippen LogP) is 2.60. The first-order valence-corrected chi connectivity index (χ1v) is 6.86. The van der Waals surface area contributed by atoms with Crippen molar-refractivity contribution in [2.24, 2.45) is 5.73 Å². The fraction of sp³-hybridized carbons (Fsp3) is 0.538. The zero-order valence-corrected chi connectivity index (χ0v) is 10.5. The number of nitrogens with two attached hydrogens (primary N) is 1. The average Bonchev–Trinajstić information content (AvgIpc) is 2.73. The molecule has 0 amide bonds. The van der Waals surface area contributed by atoms with Crippen LogP contribution >= 0.6 is 11.8 Å². The molecule has 3 unspecified atom stereocenters. The molecule has 16 heavy (non-hydrogen) atoms. The minimum Gasteiger partial charge on any atom is -0.377 e. The van der Waals surface area contributed by atoms with Gasteiger partial charge in [-0.1, -0.05) is 30.3 Å². The average molecular weight is 237 g/mol. The van der Waals surface area contributed by atoms with Crippen molar-refractivity contribution in [3.05, 3.63) is 35.9 Å². The Balaban J connectivity index is 1.82. The first-order valence-electron chi connectivity index (χ1n) is 5.81. The van der Waals surface area contributed by atoms with Crippen molar-refractivity contribution >= 4 is 11.8 Å². The van der Waals surface area contributed by atoms with E-state index in [9.17, 15) is 0 Å². The zero-order valence-electron chi connectivity index (χ0n) is 9.63. The number of benzene rings is 1. The molecule has 0 spiro atoms. The van der Waals surface area contributed by atoms with Crippen molar-refractivity contribution in [2.45, 2.75) is 30.7 Å². The predicted molar refractivity (Wildman–Crippen MR) is 69.6 cm³/mol. The Bertz CT molecular complexity index is 317. The molecule has 1 saturated heterocycles. The quantitative estimate of drug-likeness (QED) is 0.874. The molecule has 0 bridgehead atoms. The van der Waals surface area contributed by atoms with E-state index < -0.39 is 0 Å². The molecule has 0 aliphatic carbocycles. The summed E-state index contributed by atoms with van der Waals surface area (Å²) in [4.78, 5) is 0. The van der Waals surface area contributed by atoms with Gasteiger partial charge in [-0.3, -0.25) is 0 Å². The van der Waals surface area contributed by atoms with E-state index in [1.54, 1.807) is 0 Å². The van der Waals surface area contributed by atoms with Crippen LogP contribution in [0.15, 0.2) is 30.3 Å². The van der Waals surface area contributed by atoms with Gasteiger partial charge in [-0.2, -0.15) is 11.8 Å². The lowest BCUT2D eigenvalue weighted by Gasteiger charge is -2.17. The van der Waals surface area contributed by atoms with Gasteiger partial charge in [-0.15, -0.1) is 0 Å². The Labute approximate surface area is 102 Å². The van der Waals surface area contributed by atoms with E-state index in [-0.39, 0.29) is 6.04 Å². The topological polar surface area (TPSA) is 35.2 Å². The molecule has 3 atom stereocenters. The number of thioether (sulfide) groups is 1. The Morgan fingerprint density at radius 1 is 1.44 bits per heavy atom. The van der Waals surface area contributed by atoms with Crippen LogP contribution in [0.3, 0.4) is 0 Å². The van der Waals surface area contributed by atoms with Crippen molar-refractivity contribution in [1.82, 2.24) is 0 Å². The van der Waals surface area contributed by atoms with Crippen molar-refractivity contribution < 1.29 is 4.74 Å². The molecule has 1 aliphatic rings. The molecule has 1 fully saturated rings. The SMILES string of the molecule is CC1OCCC1SCC(N)c1ccccc1. The van der Waals surface area contributed by atoms with E-state index in [1.165, 1.54) is 5.56 Å². The van der Waals surface area contributed by atoms with Crippen molar-refractivity contribution in [3.8, 4) is 0 Å². The molecule has 2 N–H and O–H groups in total. The maximum Gasteiger partial charge on any atom is 0.0666 e. The molecule has 0 radical (unpaired) electrons. The summed E-state index contributed by atoms with van der Waals surface area (Å²) >= 11 is 1.95. The van der Waals surface area contributed by atoms with Crippen molar-refractivity contribution in [3.63, 3.8) is 0 Å². The highest BCUT2D eigenvalue weighted by atomic mass is 32.2. The maximum atomic E-state index is 6.16. The second kappa shape index (κ2) is 5.71. The molecule has 2 rings (SSSR count). The molecular weight excluding hydrogens is 218 g/mol. The van der Waals surface area contributed by atoms with Gasteiger partial charge in [0.1, 0.15) is 0 Å². The third-order valence-corrected chi connectivity index (χ3v) is 4.62. The Morgan fingerprint density at radius 2 is 2.19 bits per heavy atom. The monoisotopic (exact) mass is 237 g/mol. The molecule has 1 aromatic carbocycles. The van der Waals surface area contributed by atoms with E-state index >= 15 is 0 Å².